The van der Waals surface area contributed by atoms with Crippen molar-refractivity contribution in [2.24, 2.45) is 0 Å². The van der Waals surface area contributed by atoms with Crippen LogP contribution in [0.1, 0.15) is 0 Å². The van der Waals surface area contributed by atoms with Gasteiger partial charge in [-0.15, -0.1) is 0 Å². The second-order valence-corrected chi connectivity index (χ2v) is 3.39. The highest BCUT2D eigenvalue weighted by molar-refractivity contribution is 5.92. The molecule has 0 saturated heterocycles. The van der Waals surface area contributed by atoms with Crippen LogP contribution in [-0.4, -0.2) is 20.1 Å². The average molecular weight is 230 g/mol. The third-order valence-corrected chi connectivity index (χ3v) is 2.43. The number of anilines is 1. The maximum Gasteiger partial charge on any atom is 0.341 e. The molecule has 1 heterocycles. The lowest BCUT2D eigenvalue weighted by Crippen LogP contribution is -2.19. The molecule has 17 heavy (non-hydrogen) atoms. The van der Waals surface area contributed by atoms with Gasteiger partial charge in [-0.2, -0.15) is 0 Å². The van der Waals surface area contributed by atoms with Crippen LogP contribution in [0.4, 0.5) is 5.69 Å². The van der Waals surface area contributed by atoms with Gasteiger partial charge in [0, 0.05) is 7.05 Å². The van der Waals surface area contributed by atoms with Crippen LogP contribution < -0.4 is 9.64 Å². The number of fused-ring (bicyclic) bond motifs is 1. The number of benzene rings is 1. The third-order valence-electron chi connectivity index (χ3n) is 2.43. The molecule has 5 heteroatoms. The molecule has 0 fully saturated rings. The maximum absolute atomic E-state index is 11.4. The minimum atomic E-state index is -0.699. The minimum Gasteiger partial charge on any atom is -0.474 e. The van der Waals surface area contributed by atoms with Gasteiger partial charge in [0.15, 0.2) is 5.75 Å². The molecule has 86 valence electrons. The van der Waals surface area contributed by atoms with E-state index in [1.54, 1.807) is 18.0 Å². The lowest BCUT2D eigenvalue weighted by atomic mass is 10.3. The lowest BCUT2D eigenvalue weighted by molar-refractivity contribution is -0.135. The second-order valence-electron chi connectivity index (χ2n) is 3.39. The number of nitrogens with zero attached hydrogens (tertiary/aromatic N) is 2. The van der Waals surface area contributed by atoms with E-state index in [2.05, 4.69) is 9.58 Å². The third kappa shape index (κ3) is 1.70. The van der Waals surface area contributed by atoms with Crippen LogP contribution in [0.5, 0.6) is 5.75 Å². The molecule has 0 aliphatic carbocycles. The first kappa shape index (κ1) is 11.0. The Hall–Kier alpha value is -2.48. The van der Waals surface area contributed by atoms with Crippen molar-refractivity contribution in [2.45, 2.75) is 0 Å². The number of carbonyl (C=O) groups excluding carboxylic acids is 1. The highest BCUT2D eigenvalue weighted by Crippen LogP contribution is 2.38. The molecular weight excluding hydrogens is 220 g/mol. The number of esters is 1. The maximum atomic E-state index is 11.4. The molecule has 1 aliphatic heterocycles. The van der Waals surface area contributed by atoms with Crippen molar-refractivity contribution in [3.05, 3.63) is 47.3 Å². The summed E-state index contributed by atoms with van der Waals surface area (Å²) in [7, 11) is 2.96. The Balaban J connectivity index is 2.49. The summed E-state index contributed by atoms with van der Waals surface area (Å²) in [6, 6.07) is 7.31. The van der Waals surface area contributed by atoms with Gasteiger partial charge < -0.3 is 14.4 Å². The molecule has 1 aliphatic rings. The fourth-order valence-corrected chi connectivity index (χ4v) is 1.59. The number of hydrogen-bond acceptors (Lipinski definition) is 4. The Morgan fingerprint density at radius 3 is 2.76 bits per heavy atom. The highest BCUT2D eigenvalue weighted by Gasteiger charge is 2.29. The summed E-state index contributed by atoms with van der Waals surface area (Å²) in [5.41, 5.74) is 0.652. The molecule has 0 N–H and O–H groups in total. The van der Waals surface area contributed by atoms with Crippen molar-refractivity contribution in [3.8, 4) is 5.75 Å². The van der Waals surface area contributed by atoms with Crippen molar-refractivity contribution in [1.29, 1.82) is 0 Å². The van der Waals surface area contributed by atoms with Crippen molar-refractivity contribution in [3.63, 3.8) is 0 Å². The summed E-state index contributed by atoms with van der Waals surface area (Å²) >= 11 is 0. The topological polar surface area (TPSA) is 43.1 Å². The zero-order valence-electron chi connectivity index (χ0n) is 9.43. The van der Waals surface area contributed by atoms with E-state index >= 15 is 0 Å². The molecule has 0 unspecified atom stereocenters. The van der Waals surface area contributed by atoms with Crippen LogP contribution in [0, 0.1) is 6.57 Å². The summed E-state index contributed by atoms with van der Waals surface area (Å²) in [6.45, 7) is 7.02. The first-order chi connectivity index (χ1) is 8.19. The van der Waals surface area contributed by atoms with Gasteiger partial charge in [0.1, 0.15) is 0 Å². The SMILES string of the molecule is [C-]#[N+]/C(C(=O)OC)=C1/Oc2ccccc2N1C. The van der Waals surface area contributed by atoms with Crippen molar-refractivity contribution < 1.29 is 14.3 Å². The van der Waals surface area contributed by atoms with Crippen molar-refractivity contribution in [2.75, 3.05) is 19.1 Å². The molecule has 2 rings (SSSR count). The number of methoxy groups -OCH3 is 1. The summed E-state index contributed by atoms with van der Waals surface area (Å²) in [4.78, 5) is 16.2. The van der Waals surface area contributed by atoms with Crippen LogP contribution >= 0.6 is 0 Å². The summed E-state index contributed by atoms with van der Waals surface area (Å²) in [6.07, 6.45) is 0. The minimum absolute atomic E-state index is 0.161. The van der Waals surface area contributed by atoms with Gasteiger partial charge in [-0.25, -0.2) is 4.85 Å². The van der Waals surface area contributed by atoms with Gasteiger partial charge >= 0.3 is 11.7 Å². The van der Waals surface area contributed by atoms with E-state index in [1.165, 1.54) is 7.11 Å². The van der Waals surface area contributed by atoms with E-state index in [0.717, 1.165) is 5.69 Å². The highest BCUT2D eigenvalue weighted by atomic mass is 16.5. The van der Waals surface area contributed by atoms with Crippen molar-refractivity contribution >= 4 is 11.7 Å². The lowest BCUT2D eigenvalue weighted by Gasteiger charge is -2.12. The monoisotopic (exact) mass is 230 g/mol. The standard InChI is InChI=1S/C12H10N2O3/c1-13-10(12(15)16-3)11-14(2)8-6-4-5-7-9(8)17-11/h4-7H,2-3H3/b11-10+. The first-order valence-corrected chi connectivity index (χ1v) is 4.89. The predicted octanol–water partition coefficient (Wildman–Crippen LogP) is 1.78. The van der Waals surface area contributed by atoms with E-state index in [9.17, 15) is 4.79 Å². The summed E-state index contributed by atoms with van der Waals surface area (Å²) in [5.74, 6) is 0.123. The molecule has 0 radical (unpaired) electrons. The van der Waals surface area contributed by atoms with Crippen LogP contribution in [0.2, 0.25) is 0 Å². The van der Waals surface area contributed by atoms with Crippen LogP contribution in [0.15, 0.2) is 35.8 Å². The molecular formula is C12H10N2O3. The van der Waals surface area contributed by atoms with Crippen LogP contribution in [0.3, 0.4) is 0 Å². The molecule has 0 atom stereocenters. The first-order valence-electron chi connectivity index (χ1n) is 4.89. The molecule has 1 aromatic rings. The summed E-state index contributed by atoms with van der Waals surface area (Å²) < 4.78 is 10.0. The molecule has 0 aromatic heterocycles. The van der Waals surface area contributed by atoms with Gasteiger partial charge in [-0.1, -0.05) is 12.1 Å². The molecule has 1 aromatic carbocycles. The fourth-order valence-electron chi connectivity index (χ4n) is 1.59. The van der Waals surface area contributed by atoms with E-state index in [0.29, 0.717) is 5.75 Å². The Morgan fingerprint density at radius 1 is 1.47 bits per heavy atom. The number of carbonyl (C=O) groups is 1. The largest absolute Gasteiger partial charge is 0.474 e. The number of rotatable bonds is 1. The molecule has 0 amide bonds. The molecule has 5 nitrogen and oxygen atoms in total. The number of para-hydroxylation sites is 2. The van der Waals surface area contributed by atoms with E-state index in [-0.39, 0.29) is 11.6 Å². The van der Waals surface area contributed by atoms with Crippen molar-refractivity contribution in [1.82, 2.24) is 0 Å². The Kier molecular flexibility index (Phi) is 2.71. The zero-order chi connectivity index (χ0) is 12.4. The van der Waals surface area contributed by atoms with Gasteiger partial charge in [-0.05, 0) is 12.1 Å². The smallest absolute Gasteiger partial charge is 0.341 e. The Labute approximate surface area is 98.7 Å². The average Bonchev–Trinajstić information content (AvgIpc) is 2.68. The van der Waals surface area contributed by atoms with E-state index in [4.69, 9.17) is 11.3 Å². The van der Waals surface area contributed by atoms with Gasteiger partial charge in [0.05, 0.1) is 19.4 Å². The predicted molar refractivity (Wildman–Crippen MR) is 61.1 cm³/mol. The normalized spacial score (nSPS) is 15.7. The molecule has 0 bridgehead atoms. The molecule has 0 spiro atoms. The van der Waals surface area contributed by atoms with E-state index < -0.39 is 5.97 Å². The van der Waals surface area contributed by atoms with Crippen LogP contribution in [-0.2, 0) is 9.53 Å². The van der Waals surface area contributed by atoms with Gasteiger partial charge in [0.25, 0.3) is 0 Å². The number of ether oxygens (including phenoxy) is 2. The van der Waals surface area contributed by atoms with Gasteiger partial charge in [0.2, 0.25) is 5.88 Å². The fraction of sp³-hybridized carbons (Fsp3) is 0.167. The van der Waals surface area contributed by atoms with E-state index in [1.807, 2.05) is 18.2 Å². The summed E-state index contributed by atoms with van der Waals surface area (Å²) in [5, 5.41) is 0. The van der Waals surface area contributed by atoms with Crippen LogP contribution in [0.25, 0.3) is 4.85 Å². The zero-order valence-corrected chi connectivity index (χ0v) is 9.43. The quantitative estimate of drug-likeness (QED) is 0.419. The number of hydrogen-bond donors (Lipinski definition) is 0. The van der Waals surface area contributed by atoms with Gasteiger partial charge in [-0.3, -0.25) is 4.79 Å². The second kappa shape index (κ2) is 4.18. The Morgan fingerprint density at radius 2 is 2.18 bits per heavy atom. The Bertz CT molecular complexity index is 543. The molecule has 0 saturated carbocycles.